The molecular weight excluding hydrogens is 372 g/mol. The van der Waals surface area contributed by atoms with E-state index in [0.717, 1.165) is 0 Å². The van der Waals surface area contributed by atoms with Gasteiger partial charge in [-0.1, -0.05) is 6.08 Å². The molecule has 0 saturated carbocycles. The van der Waals surface area contributed by atoms with Gasteiger partial charge in [-0.05, 0) is 26.0 Å². The van der Waals surface area contributed by atoms with Crippen molar-refractivity contribution >= 4 is 12.0 Å². The average molecular weight is 396 g/mol. The predicted octanol–water partition coefficient (Wildman–Crippen LogP) is -0.164. The minimum atomic E-state index is -1.69. The maximum absolute atomic E-state index is 12.7. The fourth-order valence-corrected chi connectivity index (χ4v) is 3.07. The Labute approximate surface area is 161 Å². The molecule has 1 aromatic carbocycles. The van der Waals surface area contributed by atoms with Crippen LogP contribution in [0.4, 0.5) is 0 Å². The number of methoxy groups -OCH3 is 1. The molecule has 0 spiro atoms. The number of esters is 1. The minimum Gasteiger partial charge on any atom is -0.496 e. The summed E-state index contributed by atoms with van der Waals surface area (Å²) < 4.78 is 21.5. The van der Waals surface area contributed by atoms with Crippen LogP contribution in [-0.2, 0) is 9.47 Å². The van der Waals surface area contributed by atoms with Gasteiger partial charge in [0.05, 0.1) is 13.7 Å². The molecule has 1 fully saturated rings. The smallest absolute Gasteiger partial charge is 0.344 e. The molecule has 9 nitrogen and oxygen atoms in total. The molecule has 0 amide bonds. The Bertz CT molecular complexity index is 771. The van der Waals surface area contributed by atoms with Crippen LogP contribution in [0.2, 0.25) is 0 Å². The lowest BCUT2D eigenvalue weighted by molar-refractivity contribution is -0.285. The number of benzene rings is 1. The highest BCUT2D eigenvalue weighted by Gasteiger charge is 2.45. The first kappa shape index (κ1) is 20.6. The Hall–Kier alpha value is -2.17. The highest BCUT2D eigenvalue weighted by molar-refractivity contribution is 5.94. The molecule has 0 aliphatic carbocycles. The summed E-state index contributed by atoms with van der Waals surface area (Å²) in [5.74, 6) is -0.143. The van der Waals surface area contributed by atoms with Crippen molar-refractivity contribution in [3.8, 4) is 11.5 Å². The summed E-state index contributed by atoms with van der Waals surface area (Å²) in [6, 6.07) is 3.08. The van der Waals surface area contributed by atoms with Gasteiger partial charge in [0.2, 0.25) is 6.29 Å². The molecule has 0 radical (unpaired) electrons. The van der Waals surface area contributed by atoms with E-state index in [1.54, 1.807) is 6.07 Å². The van der Waals surface area contributed by atoms with Crippen LogP contribution in [0, 0.1) is 0 Å². The van der Waals surface area contributed by atoms with Gasteiger partial charge in [-0.15, -0.1) is 0 Å². The molecule has 2 heterocycles. The number of fused-ring (bicyclic) bond motifs is 1. The number of hydrogen-bond acceptors (Lipinski definition) is 9. The zero-order valence-corrected chi connectivity index (χ0v) is 15.7. The molecule has 2 aliphatic heterocycles. The Kier molecular flexibility index (Phi) is 5.64. The number of carbonyl (C=O) groups excluding carboxylic acids is 1. The molecule has 1 aromatic rings. The molecule has 4 N–H and O–H groups in total. The van der Waals surface area contributed by atoms with Crippen LogP contribution >= 0.6 is 0 Å². The van der Waals surface area contributed by atoms with Crippen molar-refractivity contribution < 1.29 is 44.2 Å². The monoisotopic (exact) mass is 396 g/mol. The third kappa shape index (κ3) is 3.85. The van der Waals surface area contributed by atoms with Gasteiger partial charge in [-0.3, -0.25) is 0 Å². The predicted molar refractivity (Wildman–Crippen MR) is 95.9 cm³/mol. The molecule has 5 atom stereocenters. The fraction of sp³-hybridized carbons (Fsp3) is 0.526. The van der Waals surface area contributed by atoms with Crippen molar-refractivity contribution in [3.05, 3.63) is 29.3 Å². The Morgan fingerprint density at radius 1 is 1.18 bits per heavy atom. The Morgan fingerprint density at radius 2 is 1.89 bits per heavy atom. The second-order valence-corrected chi connectivity index (χ2v) is 7.23. The second kappa shape index (κ2) is 7.69. The van der Waals surface area contributed by atoms with E-state index in [0.29, 0.717) is 11.3 Å². The van der Waals surface area contributed by atoms with Crippen LogP contribution in [0.3, 0.4) is 0 Å². The first-order valence-corrected chi connectivity index (χ1v) is 8.78. The molecule has 28 heavy (non-hydrogen) atoms. The van der Waals surface area contributed by atoms with Gasteiger partial charge < -0.3 is 39.4 Å². The summed E-state index contributed by atoms with van der Waals surface area (Å²) >= 11 is 0. The SMILES string of the molecule is COc1cc2c(cc1C(=O)OC1OC(CO)C(O)C(O)C1O)C=CC(C)(C)O2. The van der Waals surface area contributed by atoms with E-state index < -0.39 is 48.9 Å². The van der Waals surface area contributed by atoms with Crippen LogP contribution in [0.25, 0.3) is 6.08 Å². The summed E-state index contributed by atoms with van der Waals surface area (Å²) in [7, 11) is 1.39. The lowest BCUT2D eigenvalue weighted by Gasteiger charge is -2.39. The fourth-order valence-electron chi connectivity index (χ4n) is 3.07. The van der Waals surface area contributed by atoms with Crippen molar-refractivity contribution in [2.45, 2.75) is 50.2 Å². The number of ether oxygens (including phenoxy) is 4. The summed E-state index contributed by atoms with van der Waals surface area (Å²) in [6.45, 7) is 3.15. The van der Waals surface area contributed by atoms with E-state index in [9.17, 15) is 25.2 Å². The minimum absolute atomic E-state index is 0.0613. The number of rotatable bonds is 4. The third-order valence-corrected chi connectivity index (χ3v) is 4.66. The molecule has 5 unspecified atom stereocenters. The normalized spacial score (nSPS) is 30.9. The van der Waals surface area contributed by atoms with E-state index in [2.05, 4.69) is 0 Å². The topological polar surface area (TPSA) is 135 Å². The number of aliphatic hydroxyl groups is 4. The Morgan fingerprint density at radius 3 is 2.54 bits per heavy atom. The zero-order valence-electron chi connectivity index (χ0n) is 15.7. The largest absolute Gasteiger partial charge is 0.496 e. The van der Waals surface area contributed by atoms with E-state index in [-0.39, 0.29) is 11.3 Å². The molecular formula is C19H24O9. The lowest BCUT2D eigenvalue weighted by atomic mass is 9.99. The molecule has 154 valence electrons. The summed E-state index contributed by atoms with van der Waals surface area (Å²) in [5, 5.41) is 38.9. The first-order valence-electron chi connectivity index (χ1n) is 8.78. The molecule has 0 bridgehead atoms. The van der Waals surface area contributed by atoms with Gasteiger partial charge in [0.25, 0.3) is 0 Å². The number of hydrogen-bond donors (Lipinski definition) is 4. The maximum Gasteiger partial charge on any atom is 0.344 e. The first-order chi connectivity index (χ1) is 13.2. The quantitative estimate of drug-likeness (QED) is 0.512. The van der Waals surface area contributed by atoms with E-state index in [1.165, 1.54) is 13.2 Å². The van der Waals surface area contributed by atoms with Gasteiger partial charge >= 0.3 is 5.97 Å². The highest BCUT2D eigenvalue weighted by Crippen LogP contribution is 2.36. The highest BCUT2D eigenvalue weighted by atomic mass is 16.7. The van der Waals surface area contributed by atoms with Crippen LogP contribution in [0.5, 0.6) is 11.5 Å². The van der Waals surface area contributed by atoms with Crippen molar-refractivity contribution in [1.82, 2.24) is 0 Å². The van der Waals surface area contributed by atoms with E-state index >= 15 is 0 Å². The van der Waals surface area contributed by atoms with Gasteiger partial charge in [0.1, 0.15) is 47.1 Å². The molecule has 0 aromatic heterocycles. The summed E-state index contributed by atoms with van der Waals surface area (Å²) in [5.41, 5.74) is 0.197. The molecule has 1 saturated heterocycles. The van der Waals surface area contributed by atoms with Crippen molar-refractivity contribution in [1.29, 1.82) is 0 Å². The number of carbonyl (C=O) groups is 1. The van der Waals surface area contributed by atoms with Gasteiger partial charge in [0, 0.05) is 11.6 Å². The van der Waals surface area contributed by atoms with Crippen molar-refractivity contribution in [3.63, 3.8) is 0 Å². The van der Waals surface area contributed by atoms with Gasteiger partial charge in [0.15, 0.2) is 0 Å². The molecule has 2 aliphatic rings. The van der Waals surface area contributed by atoms with Crippen LogP contribution in [0.15, 0.2) is 18.2 Å². The second-order valence-electron chi connectivity index (χ2n) is 7.23. The Balaban J connectivity index is 1.84. The standard InChI is InChI=1S/C19H24O9/c1-19(2)5-4-9-6-10(12(25-3)7-11(9)28-19)17(24)27-18-16(23)15(22)14(21)13(8-20)26-18/h4-7,13-16,18,20-23H,8H2,1-3H3. The summed E-state index contributed by atoms with van der Waals surface area (Å²) in [4.78, 5) is 12.7. The van der Waals surface area contributed by atoms with Crippen LogP contribution in [0.1, 0.15) is 29.8 Å². The van der Waals surface area contributed by atoms with E-state index in [1.807, 2.05) is 26.0 Å². The maximum atomic E-state index is 12.7. The van der Waals surface area contributed by atoms with Crippen LogP contribution in [-0.4, -0.2) is 76.4 Å². The van der Waals surface area contributed by atoms with E-state index in [4.69, 9.17) is 18.9 Å². The molecule has 3 rings (SSSR count). The molecule has 9 heteroatoms. The third-order valence-electron chi connectivity index (χ3n) is 4.66. The zero-order chi connectivity index (χ0) is 20.6. The number of aliphatic hydroxyl groups excluding tert-OH is 4. The van der Waals surface area contributed by atoms with Crippen LogP contribution < -0.4 is 9.47 Å². The van der Waals surface area contributed by atoms with Gasteiger partial charge in [-0.2, -0.15) is 0 Å². The lowest BCUT2D eigenvalue weighted by Crippen LogP contribution is -2.59. The van der Waals surface area contributed by atoms with Gasteiger partial charge in [-0.25, -0.2) is 4.79 Å². The van der Waals surface area contributed by atoms with Crippen molar-refractivity contribution in [2.24, 2.45) is 0 Å². The summed E-state index contributed by atoms with van der Waals surface area (Å²) in [6.07, 6.45) is -3.98. The average Bonchev–Trinajstić information content (AvgIpc) is 2.66. The van der Waals surface area contributed by atoms with Crippen molar-refractivity contribution in [2.75, 3.05) is 13.7 Å².